The van der Waals surface area contributed by atoms with Gasteiger partial charge in [0.15, 0.2) is 0 Å². The van der Waals surface area contributed by atoms with Crippen molar-refractivity contribution in [1.82, 2.24) is 10.2 Å². The van der Waals surface area contributed by atoms with Crippen LogP contribution >= 0.6 is 11.6 Å². The number of amides is 2. The van der Waals surface area contributed by atoms with Gasteiger partial charge in [-0.3, -0.25) is 9.59 Å². The lowest BCUT2D eigenvalue weighted by atomic mass is 9.95. The van der Waals surface area contributed by atoms with Gasteiger partial charge in [0.05, 0.1) is 6.42 Å². The summed E-state index contributed by atoms with van der Waals surface area (Å²) in [7, 11) is 0. The Morgan fingerprint density at radius 3 is 2.45 bits per heavy atom. The Morgan fingerprint density at radius 2 is 1.81 bits per heavy atom. The van der Waals surface area contributed by atoms with Gasteiger partial charge in [-0.2, -0.15) is 0 Å². The Kier molecular flexibility index (Phi) is 8.08. The number of carbonyl (C=O) groups excluding carboxylic acids is 2. The van der Waals surface area contributed by atoms with E-state index >= 15 is 0 Å². The summed E-state index contributed by atoms with van der Waals surface area (Å²) in [5.74, 6) is -1.03. The first-order valence-electron chi connectivity index (χ1n) is 10.9. The van der Waals surface area contributed by atoms with Gasteiger partial charge in [0.1, 0.15) is 11.9 Å². The highest BCUT2D eigenvalue weighted by atomic mass is 35.5. The molecule has 0 radical (unpaired) electrons. The third kappa shape index (κ3) is 6.30. The van der Waals surface area contributed by atoms with E-state index in [1.54, 1.807) is 13.0 Å². The summed E-state index contributed by atoms with van der Waals surface area (Å²) in [6.07, 6.45) is 5.15. The second-order valence-corrected chi connectivity index (χ2v) is 8.81. The molecular weight excluding hydrogens is 415 g/mol. The van der Waals surface area contributed by atoms with E-state index in [0.717, 1.165) is 36.8 Å². The van der Waals surface area contributed by atoms with Crippen LogP contribution in [0.25, 0.3) is 0 Å². The number of rotatable bonds is 7. The minimum Gasteiger partial charge on any atom is -0.352 e. The number of halogens is 2. The summed E-state index contributed by atoms with van der Waals surface area (Å²) >= 11 is 6.14. The maximum Gasteiger partial charge on any atom is 0.242 e. The molecule has 0 unspecified atom stereocenters. The Hall–Kier alpha value is -2.40. The summed E-state index contributed by atoms with van der Waals surface area (Å²) in [5, 5.41) is 3.31. The highest BCUT2D eigenvalue weighted by molar-refractivity contribution is 6.31. The van der Waals surface area contributed by atoms with E-state index in [-0.39, 0.29) is 41.4 Å². The van der Waals surface area contributed by atoms with Crippen molar-refractivity contribution in [2.75, 3.05) is 0 Å². The number of nitrogens with one attached hydrogen (secondary N) is 1. The smallest absolute Gasteiger partial charge is 0.242 e. The summed E-state index contributed by atoms with van der Waals surface area (Å²) in [4.78, 5) is 27.7. The lowest BCUT2D eigenvalue weighted by molar-refractivity contribution is -0.140. The number of nitrogens with zero attached hydrogens (tertiary/aromatic N) is 1. The van der Waals surface area contributed by atoms with Crippen molar-refractivity contribution < 1.29 is 14.0 Å². The predicted octanol–water partition coefficient (Wildman–Crippen LogP) is 5.20. The first kappa shape index (κ1) is 23.3. The SMILES string of the molecule is Cc1ccc(CN(C(=O)Cc2c(F)cccc2Cl)[C@H](C)C(=O)NC2CCCCC2)cc1. The van der Waals surface area contributed by atoms with E-state index in [0.29, 0.717) is 0 Å². The third-order valence-electron chi connectivity index (χ3n) is 5.98. The maximum atomic E-state index is 14.3. The van der Waals surface area contributed by atoms with Crippen molar-refractivity contribution in [3.05, 3.63) is 70.0 Å². The molecule has 0 heterocycles. The summed E-state index contributed by atoms with van der Waals surface area (Å²) in [6.45, 7) is 3.99. The topological polar surface area (TPSA) is 49.4 Å². The molecule has 0 aliphatic heterocycles. The van der Waals surface area contributed by atoms with Crippen LogP contribution in [0.15, 0.2) is 42.5 Å². The fraction of sp³-hybridized carbons (Fsp3) is 0.440. The molecule has 1 aliphatic rings. The van der Waals surface area contributed by atoms with Crippen molar-refractivity contribution in [3.63, 3.8) is 0 Å². The minimum absolute atomic E-state index is 0.154. The van der Waals surface area contributed by atoms with Crippen molar-refractivity contribution in [3.8, 4) is 0 Å². The number of benzene rings is 2. The molecule has 4 nitrogen and oxygen atoms in total. The molecule has 166 valence electrons. The molecule has 2 aromatic rings. The zero-order valence-electron chi connectivity index (χ0n) is 18.2. The first-order chi connectivity index (χ1) is 14.8. The molecule has 0 aromatic heterocycles. The van der Waals surface area contributed by atoms with Crippen LogP contribution in [0.2, 0.25) is 5.02 Å². The fourth-order valence-electron chi connectivity index (χ4n) is 4.00. The van der Waals surface area contributed by atoms with Crippen LogP contribution < -0.4 is 5.32 Å². The largest absolute Gasteiger partial charge is 0.352 e. The Bertz CT molecular complexity index is 890. The molecule has 1 atom stereocenters. The Balaban J connectivity index is 1.79. The molecule has 1 fully saturated rings. The summed E-state index contributed by atoms with van der Waals surface area (Å²) in [6, 6.07) is 11.7. The standard InChI is InChI=1S/C25H30ClFN2O2/c1-17-11-13-19(14-12-17)16-29(18(2)25(31)28-20-7-4-3-5-8-20)24(30)15-21-22(26)9-6-10-23(21)27/h6,9-14,18,20H,3-5,7-8,15-16H2,1-2H3,(H,28,31)/t18-/m1/s1. The second kappa shape index (κ2) is 10.8. The van der Waals surface area contributed by atoms with Gasteiger partial charge in [-0.25, -0.2) is 4.39 Å². The molecular formula is C25H30ClFN2O2. The van der Waals surface area contributed by atoms with Crippen LogP contribution in [0.1, 0.15) is 55.7 Å². The van der Waals surface area contributed by atoms with Crippen molar-refractivity contribution >= 4 is 23.4 Å². The van der Waals surface area contributed by atoms with Crippen LogP contribution in [-0.2, 0) is 22.6 Å². The molecule has 6 heteroatoms. The van der Waals surface area contributed by atoms with Gasteiger partial charge < -0.3 is 10.2 Å². The lowest BCUT2D eigenvalue weighted by Gasteiger charge is -2.31. The molecule has 0 bridgehead atoms. The molecule has 2 amide bonds. The normalized spacial score (nSPS) is 15.4. The number of hydrogen-bond donors (Lipinski definition) is 1. The van der Waals surface area contributed by atoms with E-state index in [4.69, 9.17) is 11.6 Å². The summed E-state index contributed by atoms with van der Waals surface area (Å²) < 4.78 is 14.3. The molecule has 1 aliphatic carbocycles. The van der Waals surface area contributed by atoms with Crippen molar-refractivity contribution in [2.45, 2.75) is 71.0 Å². The van der Waals surface area contributed by atoms with E-state index in [9.17, 15) is 14.0 Å². The summed E-state index contributed by atoms with van der Waals surface area (Å²) in [5.41, 5.74) is 2.18. The fourth-order valence-corrected chi connectivity index (χ4v) is 4.23. The highest BCUT2D eigenvalue weighted by Crippen LogP contribution is 2.22. The van der Waals surface area contributed by atoms with Crippen molar-refractivity contribution in [1.29, 1.82) is 0 Å². The predicted molar refractivity (Wildman–Crippen MR) is 121 cm³/mol. The van der Waals surface area contributed by atoms with E-state index in [1.165, 1.54) is 23.5 Å². The van der Waals surface area contributed by atoms with Crippen LogP contribution in [0.5, 0.6) is 0 Å². The van der Waals surface area contributed by atoms with Crippen LogP contribution in [-0.4, -0.2) is 28.8 Å². The highest BCUT2D eigenvalue weighted by Gasteiger charge is 2.29. The van der Waals surface area contributed by atoms with Gasteiger partial charge in [0.25, 0.3) is 0 Å². The molecule has 31 heavy (non-hydrogen) atoms. The number of aryl methyl sites for hydroxylation is 1. The monoisotopic (exact) mass is 444 g/mol. The number of carbonyl (C=O) groups is 2. The van der Waals surface area contributed by atoms with Gasteiger partial charge in [-0.15, -0.1) is 0 Å². The zero-order chi connectivity index (χ0) is 22.4. The van der Waals surface area contributed by atoms with Gasteiger partial charge in [-0.05, 0) is 44.4 Å². The molecule has 1 saturated carbocycles. The first-order valence-corrected chi connectivity index (χ1v) is 11.3. The van der Waals surface area contributed by atoms with Gasteiger partial charge >= 0.3 is 0 Å². The van der Waals surface area contributed by atoms with Gasteiger partial charge in [0, 0.05) is 23.2 Å². The minimum atomic E-state index is -0.679. The Morgan fingerprint density at radius 1 is 1.13 bits per heavy atom. The average molecular weight is 445 g/mol. The van der Waals surface area contributed by atoms with E-state index in [2.05, 4.69) is 5.32 Å². The molecule has 3 rings (SSSR count). The van der Waals surface area contributed by atoms with E-state index < -0.39 is 11.9 Å². The van der Waals surface area contributed by atoms with Gasteiger partial charge in [-0.1, -0.05) is 66.8 Å². The van der Waals surface area contributed by atoms with Crippen LogP contribution in [0.3, 0.4) is 0 Å². The van der Waals surface area contributed by atoms with E-state index in [1.807, 2.05) is 31.2 Å². The molecule has 2 aromatic carbocycles. The van der Waals surface area contributed by atoms with Crippen molar-refractivity contribution in [2.24, 2.45) is 0 Å². The van der Waals surface area contributed by atoms with Crippen LogP contribution in [0.4, 0.5) is 4.39 Å². The quantitative estimate of drug-likeness (QED) is 0.638. The van der Waals surface area contributed by atoms with Gasteiger partial charge in [0.2, 0.25) is 11.8 Å². The molecule has 0 saturated heterocycles. The number of hydrogen-bond acceptors (Lipinski definition) is 2. The Labute approximate surface area is 188 Å². The maximum absolute atomic E-state index is 14.3. The third-order valence-corrected chi connectivity index (χ3v) is 6.34. The van der Waals surface area contributed by atoms with Crippen LogP contribution in [0, 0.1) is 12.7 Å². The molecule has 1 N–H and O–H groups in total. The molecule has 0 spiro atoms. The second-order valence-electron chi connectivity index (χ2n) is 8.40. The zero-order valence-corrected chi connectivity index (χ0v) is 18.9. The average Bonchev–Trinajstić information content (AvgIpc) is 2.76. The lowest BCUT2D eigenvalue weighted by Crippen LogP contribution is -2.50.